The van der Waals surface area contributed by atoms with E-state index in [1.807, 2.05) is 0 Å². The summed E-state index contributed by atoms with van der Waals surface area (Å²) in [4.78, 5) is 4.27. The zero-order valence-corrected chi connectivity index (χ0v) is 11.5. The topological polar surface area (TPSA) is 41.8 Å². The Bertz CT molecular complexity index is 621. The Morgan fingerprint density at radius 1 is 1.20 bits per heavy atom. The van der Waals surface area contributed by atoms with Gasteiger partial charge in [0.05, 0.1) is 5.69 Å². The molecular formula is C16H14ClNO2. The van der Waals surface area contributed by atoms with Crippen LogP contribution in [-0.2, 0) is 0 Å². The Morgan fingerprint density at radius 3 is 2.60 bits per heavy atom. The Kier molecular flexibility index (Phi) is 4.80. The SMILES string of the molecule is C=CCOc1ccc(C=Nc2ccc(Cl)cc2)c(O)c1. The van der Waals surface area contributed by atoms with Crippen LogP contribution in [-0.4, -0.2) is 17.9 Å². The van der Waals surface area contributed by atoms with E-state index in [-0.39, 0.29) is 5.75 Å². The highest BCUT2D eigenvalue weighted by Crippen LogP contribution is 2.23. The maximum atomic E-state index is 9.89. The lowest BCUT2D eigenvalue weighted by Crippen LogP contribution is -1.93. The molecule has 2 rings (SSSR count). The van der Waals surface area contributed by atoms with Crippen LogP contribution in [0.3, 0.4) is 0 Å². The van der Waals surface area contributed by atoms with Crippen molar-refractivity contribution in [1.82, 2.24) is 0 Å². The number of halogens is 1. The van der Waals surface area contributed by atoms with E-state index in [9.17, 15) is 5.11 Å². The van der Waals surface area contributed by atoms with Crippen molar-refractivity contribution in [1.29, 1.82) is 0 Å². The highest BCUT2D eigenvalue weighted by Gasteiger charge is 2.01. The Labute approximate surface area is 122 Å². The molecule has 0 aliphatic rings. The van der Waals surface area contributed by atoms with Gasteiger partial charge < -0.3 is 9.84 Å². The number of aliphatic imine (C=N–C) groups is 1. The third-order valence-corrected chi connectivity index (χ3v) is 2.80. The molecule has 0 amide bonds. The van der Waals surface area contributed by atoms with Gasteiger partial charge >= 0.3 is 0 Å². The van der Waals surface area contributed by atoms with Crippen LogP contribution in [0.1, 0.15) is 5.56 Å². The first kappa shape index (κ1) is 14.2. The van der Waals surface area contributed by atoms with Crippen LogP contribution in [0.4, 0.5) is 5.69 Å². The van der Waals surface area contributed by atoms with Gasteiger partial charge in [-0.3, -0.25) is 4.99 Å². The maximum Gasteiger partial charge on any atom is 0.128 e. The van der Waals surface area contributed by atoms with Crippen LogP contribution >= 0.6 is 11.6 Å². The molecule has 0 saturated carbocycles. The number of aromatic hydroxyl groups is 1. The minimum absolute atomic E-state index is 0.115. The molecule has 20 heavy (non-hydrogen) atoms. The summed E-state index contributed by atoms with van der Waals surface area (Å²) in [5.74, 6) is 0.704. The molecule has 0 aromatic heterocycles. The fourth-order valence-corrected chi connectivity index (χ4v) is 1.67. The summed E-state index contributed by atoms with van der Waals surface area (Å²) in [7, 11) is 0. The Balaban J connectivity index is 2.12. The third kappa shape index (κ3) is 3.87. The highest BCUT2D eigenvalue weighted by molar-refractivity contribution is 6.30. The fraction of sp³-hybridized carbons (Fsp3) is 0.0625. The maximum absolute atomic E-state index is 9.89. The number of nitrogens with zero attached hydrogens (tertiary/aromatic N) is 1. The predicted octanol–water partition coefficient (Wildman–Crippen LogP) is 4.36. The first-order chi connectivity index (χ1) is 9.69. The van der Waals surface area contributed by atoms with Crippen LogP contribution < -0.4 is 4.74 Å². The third-order valence-electron chi connectivity index (χ3n) is 2.55. The summed E-state index contributed by atoms with van der Waals surface area (Å²) in [5, 5.41) is 10.6. The molecular weight excluding hydrogens is 274 g/mol. The largest absolute Gasteiger partial charge is 0.507 e. The first-order valence-corrected chi connectivity index (χ1v) is 6.43. The van der Waals surface area contributed by atoms with Gasteiger partial charge in [-0.1, -0.05) is 24.3 Å². The van der Waals surface area contributed by atoms with Crippen molar-refractivity contribution >= 4 is 23.5 Å². The van der Waals surface area contributed by atoms with E-state index < -0.39 is 0 Å². The minimum Gasteiger partial charge on any atom is -0.507 e. The van der Waals surface area contributed by atoms with E-state index >= 15 is 0 Å². The lowest BCUT2D eigenvalue weighted by Gasteiger charge is -2.05. The van der Waals surface area contributed by atoms with Crippen molar-refractivity contribution < 1.29 is 9.84 Å². The quantitative estimate of drug-likeness (QED) is 0.656. The van der Waals surface area contributed by atoms with Gasteiger partial charge in [0, 0.05) is 22.9 Å². The average molecular weight is 288 g/mol. The van der Waals surface area contributed by atoms with E-state index in [1.165, 1.54) is 0 Å². The molecule has 2 aromatic carbocycles. The van der Waals surface area contributed by atoms with Crippen molar-refractivity contribution in [2.45, 2.75) is 0 Å². The minimum atomic E-state index is 0.115. The van der Waals surface area contributed by atoms with Crippen molar-refractivity contribution in [3.05, 3.63) is 65.7 Å². The summed E-state index contributed by atoms with van der Waals surface area (Å²) < 4.78 is 5.33. The smallest absolute Gasteiger partial charge is 0.128 e. The van der Waals surface area contributed by atoms with Gasteiger partial charge in [-0.2, -0.15) is 0 Å². The molecule has 0 bridgehead atoms. The van der Waals surface area contributed by atoms with E-state index in [0.717, 1.165) is 5.69 Å². The molecule has 4 heteroatoms. The van der Waals surface area contributed by atoms with Crippen LogP contribution in [0, 0.1) is 0 Å². The Hall–Kier alpha value is -2.26. The van der Waals surface area contributed by atoms with E-state index in [4.69, 9.17) is 16.3 Å². The number of benzene rings is 2. The first-order valence-electron chi connectivity index (χ1n) is 6.05. The molecule has 0 atom stereocenters. The zero-order valence-electron chi connectivity index (χ0n) is 10.8. The lowest BCUT2D eigenvalue weighted by molar-refractivity contribution is 0.360. The van der Waals surface area contributed by atoms with E-state index in [2.05, 4.69) is 11.6 Å². The van der Waals surface area contributed by atoms with Gasteiger partial charge in [0.15, 0.2) is 0 Å². The Morgan fingerprint density at radius 2 is 1.95 bits per heavy atom. The molecule has 2 aromatic rings. The second-order valence-electron chi connectivity index (χ2n) is 4.05. The number of phenols is 1. The van der Waals surface area contributed by atoms with Gasteiger partial charge in [-0.15, -0.1) is 0 Å². The fourth-order valence-electron chi connectivity index (χ4n) is 1.55. The molecule has 0 radical (unpaired) electrons. The van der Waals surface area contributed by atoms with Gasteiger partial charge in [0.2, 0.25) is 0 Å². The molecule has 0 spiro atoms. The monoisotopic (exact) mass is 287 g/mol. The molecule has 102 valence electrons. The zero-order chi connectivity index (χ0) is 14.4. The van der Waals surface area contributed by atoms with E-state index in [1.54, 1.807) is 54.8 Å². The van der Waals surface area contributed by atoms with Crippen LogP contribution in [0.15, 0.2) is 60.1 Å². The normalized spacial score (nSPS) is 10.7. The van der Waals surface area contributed by atoms with Crippen LogP contribution in [0.25, 0.3) is 0 Å². The predicted molar refractivity (Wildman–Crippen MR) is 82.5 cm³/mol. The molecule has 0 heterocycles. The molecule has 3 nitrogen and oxygen atoms in total. The molecule has 0 unspecified atom stereocenters. The van der Waals surface area contributed by atoms with E-state index in [0.29, 0.717) is 22.9 Å². The lowest BCUT2D eigenvalue weighted by atomic mass is 10.2. The average Bonchev–Trinajstić information content (AvgIpc) is 2.46. The second-order valence-corrected chi connectivity index (χ2v) is 4.49. The van der Waals surface area contributed by atoms with Crippen molar-refractivity contribution in [2.75, 3.05) is 6.61 Å². The highest BCUT2D eigenvalue weighted by atomic mass is 35.5. The summed E-state index contributed by atoms with van der Waals surface area (Å²) in [6, 6.07) is 12.2. The summed E-state index contributed by atoms with van der Waals surface area (Å²) in [5.41, 5.74) is 1.38. The second kappa shape index (κ2) is 6.78. The summed E-state index contributed by atoms with van der Waals surface area (Å²) in [6.07, 6.45) is 3.24. The summed E-state index contributed by atoms with van der Waals surface area (Å²) in [6.45, 7) is 3.97. The summed E-state index contributed by atoms with van der Waals surface area (Å²) >= 11 is 5.80. The van der Waals surface area contributed by atoms with Crippen LogP contribution in [0.2, 0.25) is 5.02 Å². The molecule has 0 fully saturated rings. The van der Waals surface area contributed by atoms with Gasteiger partial charge in [0.25, 0.3) is 0 Å². The van der Waals surface area contributed by atoms with Crippen molar-refractivity contribution in [3.8, 4) is 11.5 Å². The molecule has 0 aliphatic heterocycles. The standard InChI is InChI=1S/C16H14ClNO2/c1-2-9-20-15-8-3-12(16(19)10-15)11-18-14-6-4-13(17)5-7-14/h2-8,10-11,19H,1,9H2. The number of hydrogen-bond acceptors (Lipinski definition) is 3. The molecule has 0 aliphatic carbocycles. The number of hydrogen-bond donors (Lipinski definition) is 1. The van der Waals surface area contributed by atoms with Crippen molar-refractivity contribution in [2.24, 2.45) is 4.99 Å². The number of ether oxygens (including phenoxy) is 1. The van der Waals surface area contributed by atoms with Crippen LogP contribution in [0.5, 0.6) is 11.5 Å². The van der Waals surface area contributed by atoms with Gasteiger partial charge in [-0.25, -0.2) is 0 Å². The number of rotatable bonds is 5. The van der Waals surface area contributed by atoms with Gasteiger partial charge in [0.1, 0.15) is 18.1 Å². The van der Waals surface area contributed by atoms with Gasteiger partial charge in [-0.05, 0) is 36.4 Å². The number of phenolic OH excluding ortho intramolecular Hbond substituents is 1. The molecule has 0 saturated heterocycles. The molecule has 1 N–H and O–H groups in total. The van der Waals surface area contributed by atoms with Crippen molar-refractivity contribution in [3.63, 3.8) is 0 Å².